The first-order chi connectivity index (χ1) is 17.5. The number of nitro benzene ring substituents is 2. The van der Waals surface area contributed by atoms with Crippen LogP contribution in [0.2, 0.25) is 0 Å². The smallest absolute Gasteiger partial charge is 0.465 e. The van der Waals surface area contributed by atoms with Crippen LogP contribution in [0.25, 0.3) is 6.08 Å². The Morgan fingerprint density at radius 2 is 1.18 bits per heavy atom. The quantitative estimate of drug-likeness (QED) is 0.0661. The van der Waals surface area contributed by atoms with E-state index >= 15 is 0 Å². The molecule has 0 aliphatic rings. The predicted octanol–water partition coefficient (Wildman–Crippen LogP) is -7.64. The molecular formula is C21H21IN3NaO13. The molecule has 0 aliphatic carbocycles. The van der Waals surface area contributed by atoms with Crippen molar-refractivity contribution in [2.75, 3.05) is 28.3 Å². The van der Waals surface area contributed by atoms with Gasteiger partial charge in [-0.05, 0) is 36.5 Å². The SMILES string of the molecule is COC(=O)c1ccc(/C=C/N(C)C)c([N+](=O)[O-])c1.COC(=O)c1ccc(C=O)c([N+](=O)[O-])c1.[Na+].[O-][I+3]([O-])([O-])[O-]. The maximum absolute atomic E-state index is 11.3. The molecule has 0 N–H and O–H groups in total. The van der Waals surface area contributed by atoms with Gasteiger partial charge >= 0.3 is 41.5 Å². The van der Waals surface area contributed by atoms with Crippen molar-refractivity contribution in [3.05, 3.63) is 85.1 Å². The van der Waals surface area contributed by atoms with Gasteiger partial charge in [0.1, 0.15) is 20.1 Å². The zero-order valence-electron chi connectivity index (χ0n) is 21.2. The van der Waals surface area contributed by atoms with Gasteiger partial charge in [0, 0.05) is 26.2 Å². The van der Waals surface area contributed by atoms with E-state index in [1.807, 2.05) is 14.1 Å². The van der Waals surface area contributed by atoms with Crippen molar-refractivity contribution >= 4 is 35.7 Å². The van der Waals surface area contributed by atoms with Gasteiger partial charge in [-0.3, -0.25) is 38.8 Å². The molecule has 0 aliphatic heterocycles. The Labute approximate surface area is 249 Å². The molecule has 0 unspecified atom stereocenters. The molecule has 0 heterocycles. The van der Waals surface area contributed by atoms with E-state index in [-0.39, 0.29) is 51.9 Å². The Bertz CT molecular complexity index is 1190. The monoisotopic (exact) mass is 673 g/mol. The third-order valence-corrected chi connectivity index (χ3v) is 3.98. The van der Waals surface area contributed by atoms with Gasteiger partial charge < -0.3 is 14.4 Å². The number of benzene rings is 2. The number of nitro groups is 2. The van der Waals surface area contributed by atoms with Gasteiger partial charge in [0.25, 0.3) is 11.4 Å². The number of hydrogen-bond acceptors (Lipinski definition) is 14. The van der Waals surface area contributed by atoms with Gasteiger partial charge in [-0.1, -0.05) is 0 Å². The van der Waals surface area contributed by atoms with Crippen molar-refractivity contribution in [2.45, 2.75) is 0 Å². The largest absolute Gasteiger partial charge is 1.00 e. The summed E-state index contributed by atoms with van der Waals surface area (Å²) in [5, 5.41) is 21.5. The molecule has 0 amide bonds. The molecule has 2 aromatic rings. The minimum atomic E-state index is -5.94. The Morgan fingerprint density at radius 1 is 0.821 bits per heavy atom. The van der Waals surface area contributed by atoms with Gasteiger partial charge in [-0.15, -0.1) is 0 Å². The first kappa shape index (κ1) is 38.1. The number of esters is 2. The van der Waals surface area contributed by atoms with Gasteiger partial charge in [0.05, 0.1) is 46.3 Å². The van der Waals surface area contributed by atoms with Crippen LogP contribution in [-0.2, 0) is 9.47 Å². The summed E-state index contributed by atoms with van der Waals surface area (Å²) in [4.78, 5) is 54.8. The van der Waals surface area contributed by atoms with Crippen LogP contribution in [-0.4, -0.2) is 61.3 Å². The summed E-state index contributed by atoms with van der Waals surface area (Å²) < 4.78 is 43.4. The molecule has 0 aromatic heterocycles. The summed E-state index contributed by atoms with van der Waals surface area (Å²) in [6.45, 7) is 0. The number of methoxy groups -OCH3 is 2. The van der Waals surface area contributed by atoms with Crippen LogP contribution >= 0.6 is 0 Å². The fourth-order valence-corrected chi connectivity index (χ4v) is 2.36. The molecule has 0 saturated heterocycles. The van der Waals surface area contributed by atoms with Gasteiger partial charge in [-0.2, -0.15) is 0 Å². The van der Waals surface area contributed by atoms with Gasteiger partial charge in [0.2, 0.25) is 0 Å². The zero-order valence-corrected chi connectivity index (χ0v) is 25.4. The Balaban J connectivity index is 0. The van der Waals surface area contributed by atoms with E-state index in [1.54, 1.807) is 17.2 Å². The molecule has 0 atom stereocenters. The molecular weight excluding hydrogens is 652 g/mol. The second kappa shape index (κ2) is 18.3. The Hall–Kier alpha value is -3.04. The second-order valence-electron chi connectivity index (χ2n) is 6.82. The van der Waals surface area contributed by atoms with Crippen molar-refractivity contribution in [3.8, 4) is 0 Å². The summed E-state index contributed by atoms with van der Waals surface area (Å²) in [5.74, 6) is -1.28. The van der Waals surface area contributed by atoms with Gasteiger partial charge in [0.15, 0.2) is 6.29 Å². The topological polar surface area (TPSA) is 251 Å². The third kappa shape index (κ3) is 15.2. The van der Waals surface area contributed by atoms with E-state index in [9.17, 15) is 34.6 Å². The Kier molecular flexibility index (Phi) is 17.9. The number of nitrogens with zero attached hydrogens (tertiary/aromatic N) is 3. The summed E-state index contributed by atoms with van der Waals surface area (Å²) in [6, 6.07) is 7.73. The number of hydrogen-bond donors (Lipinski definition) is 0. The number of aldehydes is 1. The zero-order chi connectivity index (χ0) is 29.6. The van der Waals surface area contributed by atoms with Crippen molar-refractivity contribution in [3.63, 3.8) is 0 Å². The number of ether oxygens (including phenoxy) is 2. The van der Waals surface area contributed by atoms with Crippen LogP contribution < -0.4 is 63.4 Å². The predicted molar refractivity (Wildman–Crippen MR) is 117 cm³/mol. The van der Waals surface area contributed by atoms with Gasteiger partial charge in [-0.25, -0.2) is 9.59 Å². The first-order valence-electron chi connectivity index (χ1n) is 9.70. The molecule has 2 aromatic carbocycles. The number of rotatable bonds is 7. The van der Waals surface area contributed by atoms with Crippen LogP contribution in [0.4, 0.5) is 11.4 Å². The molecule has 0 bridgehead atoms. The average Bonchev–Trinajstić information content (AvgIpc) is 2.85. The Morgan fingerprint density at radius 3 is 1.49 bits per heavy atom. The summed E-state index contributed by atoms with van der Waals surface area (Å²) in [5.41, 5.74) is 0.0129. The number of carbonyl (C=O) groups excluding carboxylic acids is 3. The molecule has 0 fully saturated rings. The molecule has 2 rings (SSSR count). The van der Waals surface area contributed by atoms with E-state index in [4.69, 9.17) is 13.7 Å². The molecule has 0 spiro atoms. The summed E-state index contributed by atoms with van der Waals surface area (Å²) in [7, 11) is 6.02. The fraction of sp³-hybridized carbons (Fsp3) is 0.190. The third-order valence-electron chi connectivity index (χ3n) is 3.98. The van der Waals surface area contributed by atoms with Crippen LogP contribution in [0.3, 0.4) is 0 Å². The van der Waals surface area contributed by atoms with E-state index < -0.39 is 47.6 Å². The average molecular weight is 673 g/mol. The van der Waals surface area contributed by atoms with E-state index in [0.29, 0.717) is 11.8 Å². The van der Waals surface area contributed by atoms with Crippen molar-refractivity contribution in [1.82, 2.24) is 4.90 Å². The van der Waals surface area contributed by atoms with E-state index in [0.717, 1.165) is 6.07 Å². The van der Waals surface area contributed by atoms with Crippen molar-refractivity contribution < 1.29 is 97.1 Å². The summed E-state index contributed by atoms with van der Waals surface area (Å²) in [6.07, 6.45) is 3.67. The number of carbonyl (C=O) groups is 3. The second-order valence-corrected chi connectivity index (χ2v) is 8.98. The summed E-state index contributed by atoms with van der Waals surface area (Å²) >= 11 is -5.94. The molecule has 0 saturated carbocycles. The van der Waals surface area contributed by atoms with Crippen molar-refractivity contribution in [1.29, 1.82) is 0 Å². The van der Waals surface area contributed by atoms with Crippen LogP contribution in [0.5, 0.6) is 0 Å². The fourth-order valence-electron chi connectivity index (χ4n) is 2.36. The minimum Gasteiger partial charge on any atom is -0.465 e. The molecule has 16 nitrogen and oxygen atoms in total. The van der Waals surface area contributed by atoms with Crippen LogP contribution in [0, 0.1) is 20.2 Å². The normalized spacial score (nSPS) is 9.95. The standard InChI is InChI=1S/C12H14N2O4.C9H7NO5.IO4.Na/c1-13(2)7-6-9-4-5-10(12(15)18-3)8-11(9)14(16)17;1-15-9(12)6-2-3-7(5-11)8(4-6)10(13)14;2-1(3,4)5;/h4-8H,1-3H3;2-5H,1H3;;/q;;-1;+1/b7-6+;;;. The van der Waals surface area contributed by atoms with E-state index in [1.165, 1.54) is 44.6 Å². The van der Waals surface area contributed by atoms with Crippen LogP contribution in [0.1, 0.15) is 36.6 Å². The first-order valence-corrected chi connectivity index (χ1v) is 13.2. The van der Waals surface area contributed by atoms with Crippen molar-refractivity contribution in [2.24, 2.45) is 0 Å². The number of halogens is 1. The molecule has 206 valence electrons. The maximum Gasteiger partial charge on any atom is 1.00 e. The van der Waals surface area contributed by atoms with Crippen LogP contribution in [0.15, 0.2) is 42.6 Å². The maximum atomic E-state index is 11.3. The molecule has 39 heavy (non-hydrogen) atoms. The molecule has 0 radical (unpaired) electrons. The van der Waals surface area contributed by atoms with E-state index in [2.05, 4.69) is 9.47 Å². The molecule has 18 heteroatoms. The minimum absolute atomic E-state index is 0.